The van der Waals surface area contributed by atoms with E-state index >= 15 is 0 Å². The van der Waals surface area contributed by atoms with Crippen molar-refractivity contribution in [1.29, 1.82) is 0 Å². The number of aryl methyl sites for hydroxylation is 1. The average molecular weight is 251 g/mol. The Morgan fingerprint density at radius 3 is 2.83 bits per heavy atom. The molecule has 1 heterocycles. The van der Waals surface area contributed by atoms with Crippen molar-refractivity contribution in [2.75, 3.05) is 12.4 Å². The Morgan fingerprint density at radius 2 is 2.17 bits per heavy atom. The average Bonchev–Trinajstić information content (AvgIpc) is 2.70. The van der Waals surface area contributed by atoms with Crippen molar-refractivity contribution in [1.82, 2.24) is 9.55 Å². The summed E-state index contributed by atoms with van der Waals surface area (Å²) in [7, 11) is 1.75. The van der Waals surface area contributed by atoms with Crippen LogP contribution in [0.2, 0.25) is 0 Å². The molecule has 0 aromatic carbocycles. The summed E-state index contributed by atoms with van der Waals surface area (Å²) in [5.74, 6) is 1.00. The maximum atomic E-state index is 5.33. The zero-order chi connectivity index (χ0) is 13.0. The summed E-state index contributed by atoms with van der Waals surface area (Å²) >= 11 is 0. The first kappa shape index (κ1) is 13.4. The van der Waals surface area contributed by atoms with Crippen LogP contribution >= 0.6 is 0 Å². The van der Waals surface area contributed by atoms with Crippen LogP contribution in [0.25, 0.3) is 0 Å². The van der Waals surface area contributed by atoms with Gasteiger partial charge in [-0.25, -0.2) is 4.98 Å². The van der Waals surface area contributed by atoms with Gasteiger partial charge in [-0.1, -0.05) is 19.3 Å². The number of hydrogen-bond acceptors (Lipinski definition) is 3. The summed E-state index contributed by atoms with van der Waals surface area (Å²) in [6.45, 7) is 4.98. The Bertz CT molecular complexity index is 369. The van der Waals surface area contributed by atoms with Crippen LogP contribution in [0, 0.1) is 6.92 Å². The molecule has 1 aliphatic rings. The van der Waals surface area contributed by atoms with Crippen LogP contribution in [0.1, 0.15) is 44.7 Å². The highest BCUT2D eigenvalue weighted by atomic mass is 16.5. The summed E-state index contributed by atoms with van der Waals surface area (Å²) in [5.41, 5.74) is 1.07. The molecule has 18 heavy (non-hydrogen) atoms. The third-order valence-corrected chi connectivity index (χ3v) is 3.69. The van der Waals surface area contributed by atoms with E-state index in [1.165, 1.54) is 32.1 Å². The van der Waals surface area contributed by atoms with Gasteiger partial charge >= 0.3 is 0 Å². The Labute approximate surface area is 110 Å². The molecule has 0 amide bonds. The summed E-state index contributed by atoms with van der Waals surface area (Å²) in [6.07, 6.45) is 8.91. The number of nitrogens with one attached hydrogen (secondary N) is 1. The SMILES string of the molecule is COC(C)Cn1cc(C)nc1NC1CCCCC1. The lowest BCUT2D eigenvalue weighted by Gasteiger charge is -2.24. The van der Waals surface area contributed by atoms with Crippen molar-refractivity contribution in [3.8, 4) is 0 Å². The van der Waals surface area contributed by atoms with E-state index < -0.39 is 0 Å². The predicted molar refractivity (Wildman–Crippen MR) is 73.9 cm³/mol. The van der Waals surface area contributed by atoms with Crippen LogP contribution < -0.4 is 5.32 Å². The second-order valence-electron chi connectivity index (χ2n) is 5.38. The van der Waals surface area contributed by atoms with E-state index in [4.69, 9.17) is 4.74 Å². The van der Waals surface area contributed by atoms with Crippen molar-refractivity contribution in [3.63, 3.8) is 0 Å². The predicted octanol–water partition coefficient (Wildman–Crippen LogP) is 2.97. The maximum absolute atomic E-state index is 5.33. The van der Waals surface area contributed by atoms with Gasteiger partial charge in [0.2, 0.25) is 5.95 Å². The van der Waals surface area contributed by atoms with E-state index in [0.717, 1.165) is 18.2 Å². The van der Waals surface area contributed by atoms with Crippen molar-refractivity contribution in [2.24, 2.45) is 0 Å². The number of rotatable bonds is 5. The molecule has 1 saturated carbocycles. The fourth-order valence-electron chi connectivity index (χ4n) is 2.58. The molecule has 0 saturated heterocycles. The van der Waals surface area contributed by atoms with Gasteiger partial charge in [0.15, 0.2) is 0 Å². The Morgan fingerprint density at radius 1 is 1.44 bits per heavy atom. The zero-order valence-electron chi connectivity index (χ0n) is 11.8. The molecule has 1 atom stereocenters. The van der Waals surface area contributed by atoms with E-state index in [1.807, 2.05) is 6.92 Å². The molecule has 0 aliphatic heterocycles. The number of anilines is 1. The second-order valence-corrected chi connectivity index (χ2v) is 5.38. The molecule has 1 N–H and O–H groups in total. The number of ether oxygens (including phenoxy) is 1. The number of methoxy groups -OCH3 is 1. The smallest absolute Gasteiger partial charge is 0.203 e. The molecule has 4 heteroatoms. The maximum Gasteiger partial charge on any atom is 0.203 e. The van der Waals surface area contributed by atoms with E-state index in [9.17, 15) is 0 Å². The van der Waals surface area contributed by atoms with Crippen molar-refractivity contribution < 1.29 is 4.74 Å². The fourth-order valence-corrected chi connectivity index (χ4v) is 2.58. The normalized spacial score (nSPS) is 18.8. The first-order valence-corrected chi connectivity index (χ1v) is 7.02. The fraction of sp³-hybridized carbons (Fsp3) is 0.786. The molecule has 1 aromatic rings. The molecule has 2 rings (SSSR count). The zero-order valence-corrected chi connectivity index (χ0v) is 11.8. The molecule has 1 unspecified atom stereocenters. The van der Waals surface area contributed by atoms with Gasteiger partial charge < -0.3 is 14.6 Å². The monoisotopic (exact) mass is 251 g/mol. The van der Waals surface area contributed by atoms with Gasteiger partial charge in [-0.15, -0.1) is 0 Å². The molecular formula is C14H25N3O. The third kappa shape index (κ3) is 3.48. The Balaban J connectivity index is 2.01. The second kappa shape index (κ2) is 6.23. The lowest BCUT2D eigenvalue weighted by molar-refractivity contribution is 0.103. The van der Waals surface area contributed by atoms with Crippen molar-refractivity contribution >= 4 is 5.95 Å². The van der Waals surface area contributed by atoms with Gasteiger partial charge in [0.25, 0.3) is 0 Å². The number of imidazole rings is 1. The Kier molecular flexibility index (Phi) is 4.64. The molecule has 4 nitrogen and oxygen atoms in total. The molecule has 102 valence electrons. The lowest BCUT2D eigenvalue weighted by atomic mass is 9.96. The first-order chi connectivity index (χ1) is 8.69. The minimum Gasteiger partial charge on any atom is -0.380 e. The molecule has 1 fully saturated rings. The molecule has 1 aromatic heterocycles. The van der Waals surface area contributed by atoms with Crippen LogP contribution in [0.15, 0.2) is 6.20 Å². The standard InChI is InChI=1S/C14H25N3O/c1-11-9-17(10-12(2)18-3)14(15-11)16-13-7-5-4-6-8-13/h9,12-13H,4-8,10H2,1-3H3,(H,15,16). The number of hydrogen-bond donors (Lipinski definition) is 1. The third-order valence-electron chi connectivity index (χ3n) is 3.69. The molecule has 1 aliphatic carbocycles. The quantitative estimate of drug-likeness (QED) is 0.874. The van der Waals surface area contributed by atoms with Crippen molar-refractivity contribution in [3.05, 3.63) is 11.9 Å². The van der Waals surface area contributed by atoms with E-state index in [-0.39, 0.29) is 6.10 Å². The van der Waals surface area contributed by atoms with Crippen molar-refractivity contribution in [2.45, 2.75) is 64.6 Å². The lowest BCUT2D eigenvalue weighted by Crippen LogP contribution is -2.25. The summed E-state index contributed by atoms with van der Waals surface area (Å²) < 4.78 is 7.51. The van der Waals surface area contributed by atoms with Crippen LogP contribution in [0.5, 0.6) is 0 Å². The number of aromatic nitrogens is 2. The van der Waals surface area contributed by atoms with E-state index in [1.54, 1.807) is 7.11 Å². The Hall–Kier alpha value is -1.03. The van der Waals surface area contributed by atoms with Crippen LogP contribution in [-0.4, -0.2) is 28.8 Å². The summed E-state index contributed by atoms with van der Waals surface area (Å²) in [4.78, 5) is 4.59. The minimum absolute atomic E-state index is 0.213. The number of nitrogens with zero attached hydrogens (tertiary/aromatic N) is 2. The topological polar surface area (TPSA) is 39.1 Å². The van der Waals surface area contributed by atoms with Crippen LogP contribution in [-0.2, 0) is 11.3 Å². The van der Waals surface area contributed by atoms with Gasteiger partial charge in [0.05, 0.1) is 18.3 Å². The van der Waals surface area contributed by atoms with E-state index in [0.29, 0.717) is 6.04 Å². The van der Waals surface area contributed by atoms with Gasteiger partial charge in [-0.2, -0.15) is 0 Å². The van der Waals surface area contributed by atoms with Gasteiger partial charge in [-0.05, 0) is 26.7 Å². The van der Waals surface area contributed by atoms with E-state index in [2.05, 4.69) is 28.0 Å². The molecule has 0 bridgehead atoms. The summed E-state index contributed by atoms with van der Waals surface area (Å²) in [6, 6.07) is 0.595. The van der Waals surface area contributed by atoms with Gasteiger partial charge in [0, 0.05) is 19.3 Å². The van der Waals surface area contributed by atoms with Crippen LogP contribution in [0.3, 0.4) is 0 Å². The largest absolute Gasteiger partial charge is 0.380 e. The summed E-state index contributed by atoms with van der Waals surface area (Å²) in [5, 5.41) is 3.60. The van der Waals surface area contributed by atoms with Gasteiger partial charge in [0.1, 0.15) is 0 Å². The molecule has 0 spiro atoms. The molecule has 0 radical (unpaired) electrons. The minimum atomic E-state index is 0.213. The van der Waals surface area contributed by atoms with Gasteiger partial charge in [-0.3, -0.25) is 0 Å². The highest BCUT2D eigenvalue weighted by Gasteiger charge is 2.16. The first-order valence-electron chi connectivity index (χ1n) is 7.02. The van der Waals surface area contributed by atoms with Crippen LogP contribution in [0.4, 0.5) is 5.95 Å². The molecular weight excluding hydrogens is 226 g/mol. The highest BCUT2D eigenvalue weighted by Crippen LogP contribution is 2.21. The highest BCUT2D eigenvalue weighted by molar-refractivity contribution is 5.30.